The molecule has 176 valence electrons. The third-order valence-electron chi connectivity index (χ3n) is 6.53. The first kappa shape index (κ1) is 24.2. The maximum absolute atomic E-state index is 14.3. The number of rotatable bonds is 5. The highest BCUT2D eigenvalue weighted by molar-refractivity contribution is 6.24. The minimum Gasteiger partial charge on any atom is -0.507 e. The average Bonchev–Trinajstić information content (AvgIpc) is 2.77. The van der Waals surface area contributed by atoms with Crippen molar-refractivity contribution in [2.24, 2.45) is 0 Å². The second kappa shape index (κ2) is 9.34. The zero-order chi connectivity index (χ0) is 25.4. The molecular weight excluding hydrogens is 432 g/mol. The summed E-state index contributed by atoms with van der Waals surface area (Å²) in [5.74, 6) is -0.515. The maximum Gasteiger partial charge on any atom is 0.195 e. The van der Waals surface area contributed by atoms with Gasteiger partial charge in [-0.25, -0.2) is 0 Å². The number of phenols is 1. The Bertz CT molecular complexity index is 1430. The Balaban J connectivity index is 2.07. The Morgan fingerprint density at radius 1 is 0.571 bits per heavy atom. The predicted molar refractivity (Wildman–Crippen MR) is 142 cm³/mol. The van der Waals surface area contributed by atoms with Crippen LogP contribution in [0.15, 0.2) is 66.7 Å². The summed E-state index contributed by atoms with van der Waals surface area (Å²) >= 11 is 0. The summed E-state index contributed by atoms with van der Waals surface area (Å²) in [7, 11) is 0. The standard InChI is InChI=1S/C32H30O3/c1-18-14-20(3)27(21(4)15-18)31(34)25-12-13-26(33)29(24-10-8-7-9-11-24)30(25)32(35)28-22(5)16-19(2)17-23(28)6/h7-17,33H,1-6H3. The number of ketones is 2. The molecule has 4 aromatic rings. The van der Waals surface area contributed by atoms with Gasteiger partial charge in [0.1, 0.15) is 5.75 Å². The van der Waals surface area contributed by atoms with Gasteiger partial charge in [-0.2, -0.15) is 0 Å². The highest BCUT2D eigenvalue weighted by atomic mass is 16.3. The van der Waals surface area contributed by atoms with Crippen molar-refractivity contribution in [3.05, 3.63) is 122 Å². The minimum atomic E-state index is -0.263. The third-order valence-corrected chi connectivity index (χ3v) is 6.53. The highest BCUT2D eigenvalue weighted by Crippen LogP contribution is 2.38. The lowest BCUT2D eigenvalue weighted by Gasteiger charge is -2.19. The number of hydrogen-bond acceptors (Lipinski definition) is 3. The Labute approximate surface area is 207 Å². The molecule has 0 aliphatic carbocycles. The smallest absolute Gasteiger partial charge is 0.195 e. The van der Waals surface area contributed by atoms with Crippen LogP contribution in [0, 0.1) is 41.5 Å². The van der Waals surface area contributed by atoms with Gasteiger partial charge in [-0.1, -0.05) is 65.7 Å². The molecule has 0 heterocycles. The van der Waals surface area contributed by atoms with Crippen LogP contribution >= 0.6 is 0 Å². The summed E-state index contributed by atoms with van der Waals surface area (Å²) in [5.41, 5.74) is 8.30. The van der Waals surface area contributed by atoms with Crippen molar-refractivity contribution >= 4 is 11.6 Å². The monoisotopic (exact) mass is 462 g/mol. The fraction of sp³-hybridized carbons (Fsp3) is 0.188. The molecule has 0 radical (unpaired) electrons. The zero-order valence-corrected chi connectivity index (χ0v) is 21.1. The van der Waals surface area contributed by atoms with Gasteiger partial charge in [-0.15, -0.1) is 0 Å². The second-order valence-electron chi connectivity index (χ2n) is 9.45. The molecule has 0 spiro atoms. The van der Waals surface area contributed by atoms with Gasteiger partial charge in [-0.05, 0) is 81.5 Å². The van der Waals surface area contributed by atoms with Gasteiger partial charge in [0.25, 0.3) is 0 Å². The summed E-state index contributed by atoms with van der Waals surface area (Å²) < 4.78 is 0. The minimum absolute atomic E-state index is 0.0316. The molecule has 0 bridgehead atoms. The maximum atomic E-state index is 14.3. The van der Waals surface area contributed by atoms with Crippen LogP contribution in [0.3, 0.4) is 0 Å². The molecule has 0 aliphatic rings. The van der Waals surface area contributed by atoms with Crippen molar-refractivity contribution in [3.63, 3.8) is 0 Å². The fourth-order valence-electron chi connectivity index (χ4n) is 5.25. The number of benzene rings is 4. The lowest BCUT2D eigenvalue weighted by Crippen LogP contribution is -2.16. The van der Waals surface area contributed by atoms with Crippen LogP contribution in [0.1, 0.15) is 65.2 Å². The lowest BCUT2D eigenvalue weighted by atomic mass is 9.83. The molecule has 3 heteroatoms. The van der Waals surface area contributed by atoms with Crippen LogP contribution in [-0.4, -0.2) is 16.7 Å². The summed E-state index contributed by atoms with van der Waals surface area (Å²) in [4.78, 5) is 28.3. The summed E-state index contributed by atoms with van der Waals surface area (Å²) in [6, 6.07) is 20.3. The van der Waals surface area contributed by atoms with E-state index in [9.17, 15) is 14.7 Å². The SMILES string of the molecule is Cc1cc(C)c(C(=O)c2ccc(O)c(-c3ccccc3)c2C(=O)c2c(C)cc(C)cc2C)c(C)c1. The van der Waals surface area contributed by atoms with Crippen molar-refractivity contribution in [2.45, 2.75) is 41.5 Å². The fourth-order valence-corrected chi connectivity index (χ4v) is 5.25. The van der Waals surface area contributed by atoms with E-state index in [2.05, 4.69) is 0 Å². The van der Waals surface area contributed by atoms with Crippen LogP contribution in [-0.2, 0) is 0 Å². The second-order valence-corrected chi connectivity index (χ2v) is 9.45. The zero-order valence-electron chi connectivity index (χ0n) is 21.1. The van der Waals surface area contributed by atoms with E-state index in [4.69, 9.17) is 0 Å². The molecule has 1 N–H and O–H groups in total. The highest BCUT2D eigenvalue weighted by Gasteiger charge is 2.29. The molecule has 3 nitrogen and oxygen atoms in total. The van der Waals surface area contributed by atoms with E-state index in [1.807, 2.05) is 96.1 Å². The molecule has 0 fully saturated rings. The molecule has 0 atom stereocenters. The van der Waals surface area contributed by atoms with Gasteiger partial charge in [0.2, 0.25) is 0 Å². The van der Waals surface area contributed by atoms with E-state index < -0.39 is 0 Å². The van der Waals surface area contributed by atoms with Crippen molar-refractivity contribution in [1.29, 1.82) is 0 Å². The molecule has 0 unspecified atom stereocenters. The number of aromatic hydroxyl groups is 1. The average molecular weight is 463 g/mol. The van der Waals surface area contributed by atoms with E-state index >= 15 is 0 Å². The largest absolute Gasteiger partial charge is 0.507 e. The molecule has 0 aromatic heterocycles. The number of carbonyl (C=O) groups is 2. The molecular formula is C32H30O3. The van der Waals surface area contributed by atoms with Gasteiger partial charge in [0.15, 0.2) is 11.6 Å². The molecule has 0 saturated heterocycles. The van der Waals surface area contributed by atoms with E-state index in [0.29, 0.717) is 27.8 Å². The lowest BCUT2D eigenvalue weighted by molar-refractivity contribution is 0.100. The Morgan fingerprint density at radius 2 is 1.03 bits per heavy atom. The van der Waals surface area contributed by atoms with Gasteiger partial charge < -0.3 is 5.11 Å². The quantitative estimate of drug-likeness (QED) is 0.315. The summed E-state index contributed by atoms with van der Waals surface area (Å²) in [6.45, 7) is 11.7. The summed E-state index contributed by atoms with van der Waals surface area (Å²) in [6.07, 6.45) is 0. The Hall–Kier alpha value is -3.98. The van der Waals surface area contributed by atoms with Crippen LogP contribution in [0.4, 0.5) is 0 Å². The normalized spacial score (nSPS) is 10.9. The van der Waals surface area contributed by atoms with Crippen LogP contribution in [0.25, 0.3) is 11.1 Å². The molecule has 0 saturated carbocycles. The van der Waals surface area contributed by atoms with Gasteiger partial charge >= 0.3 is 0 Å². The first-order valence-electron chi connectivity index (χ1n) is 11.8. The van der Waals surface area contributed by atoms with E-state index in [-0.39, 0.29) is 22.9 Å². The molecule has 4 aromatic carbocycles. The molecule has 35 heavy (non-hydrogen) atoms. The molecule has 4 rings (SSSR count). The summed E-state index contributed by atoms with van der Waals surface area (Å²) in [5, 5.41) is 11.0. The van der Waals surface area contributed by atoms with Crippen LogP contribution in [0.5, 0.6) is 5.75 Å². The van der Waals surface area contributed by atoms with E-state index in [0.717, 1.165) is 33.4 Å². The molecule has 0 amide bonds. The number of hydrogen-bond donors (Lipinski definition) is 1. The first-order valence-corrected chi connectivity index (χ1v) is 11.8. The first-order chi connectivity index (χ1) is 16.6. The number of carbonyl (C=O) groups excluding carboxylic acids is 2. The Kier molecular flexibility index (Phi) is 6.45. The van der Waals surface area contributed by atoms with Gasteiger partial charge in [0.05, 0.1) is 0 Å². The Morgan fingerprint density at radius 3 is 1.51 bits per heavy atom. The topological polar surface area (TPSA) is 54.4 Å². The predicted octanol–water partition coefficient (Wildman–Crippen LogP) is 7.37. The van der Waals surface area contributed by atoms with Gasteiger partial charge in [-0.3, -0.25) is 9.59 Å². The van der Waals surface area contributed by atoms with Crippen LogP contribution < -0.4 is 0 Å². The van der Waals surface area contributed by atoms with Crippen molar-refractivity contribution < 1.29 is 14.7 Å². The van der Waals surface area contributed by atoms with Crippen molar-refractivity contribution in [1.82, 2.24) is 0 Å². The van der Waals surface area contributed by atoms with Crippen molar-refractivity contribution in [2.75, 3.05) is 0 Å². The van der Waals surface area contributed by atoms with E-state index in [1.165, 1.54) is 6.07 Å². The van der Waals surface area contributed by atoms with Crippen molar-refractivity contribution in [3.8, 4) is 16.9 Å². The van der Waals surface area contributed by atoms with E-state index in [1.54, 1.807) is 6.07 Å². The number of phenolic OH excluding ortho intramolecular Hbond substituents is 1. The number of aryl methyl sites for hydroxylation is 6. The van der Waals surface area contributed by atoms with Gasteiger partial charge in [0, 0.05) is 27.8 Å². The third kappa shape index (κ3) is 4.42. The van der Waals surface area contributed by atoms with Crippen LogP contribution in [0.2, 0.25) is 0 Å². The molecule has 0 aliphatic heterocycles.